The molecule has 0 bridgehead atoms. The van der Waals surface area contributed by atoms with E-state index >= 15 is 0 Å². The van der Waals surface area contributed by atoms with E-state index in [-0.39, 0.29) is 0 Å². The minimum Gasteiger partial charge on any atom is -0.399 e. The summed E-state index contributed by atoms with van der Waals surface area (Å²) in [5.74, 6) is 0. The van der Waals surface area contributed by atoms with E-state index in [1.807, 2.05) is 19.1 Å². The highest BCUT2D eigenvalue weighted by atomic mass is 15.3. The molecule has 1 heterocycles. The second kappa shape index (κ2) is 5.04. The number of aromatic nitrogens is 2. The van der Waals surface area contributed by atoms with Crippen LogP contribution in [0.25, 0.3) is 0 Å². The van der Waals surface area contributed by atoms with Gasteiger partial charge in [0.05, 0.1) is 5.69 Å². The number of hydrogen-bond acceptors (Lipinski definition) is 2. The highest BCUT2D eigenvalue weighted by Crippen LogP contribution is 2.09. The molecule has 2 aromatic rings. The molecule has 0 aliphatic carbocycles. The Hall–Kier alpha value is -1.77. The lowest BCUT2D eigenvalue weighted by molar-refractivity contribution is 0.562. The van der Waals surface area contributed by atoms with Gasteiger partial charge in [0.2, 0.25) is 0 Å². The van der Waals surface area contributed by atoms with E-state index in [0.29, 0.717) is 0 Å². The van der Waals surface area contributed by atoms with E-state index in [0.717, 1.165) is 30.8 Å². The molecule has 0 aliphatic heterocycles. The second-order valence-corrected chi connectivity index (χ2v) is 4.50. The molecule has 3 heteroatoms. The summed E-state index contributed by atoms with van der Waals surface area (Å²) in [6.07, 6.45) is 2.17. The number of nitrogens with two attached hydrogens (primary N) is 1. The lowest BCUT2D eigenvalue weighted by atomic mass is 10.1. The minimum absolute atomic E-state index is 0.826. The van der Waals surface area contributed by atoms with Gasteiger partial charge in [-0.2, -0.15) is 5.10 Å². The first-order valence-electron chi connectivity index (χ1n) is 6.00. The summed E-state index contributed by atoms with van der Waals surface area (Å²) >= 11 is 0. The molecule has 2 N–H and O–H groups in total. The molecule has 2 rings (SSSR count). The molecule has 1 aromatic heterocycles. The molecule has 0 amide bonds. The number of nitrogens with zero attached hydrogens (tertiary/aromatic N) is 2. The predicted octanol–water partition coefficient (Wildman–Crippen LogP) is 2.71. The van der Waals surface area contributed by atoms with Gasteiger partial charge in [0.15, 0.2) is 0 Å². The lowest BCUT2D eigenvalue weighted by Gasteiger charge is -2.05. The van der Waals surface area contributed by atoms with Crippen LogP contribution in [0.2, 0.25) is 0 Å². The number of rotatable bonds is 4. The zero-order valence-corrected chi connectivity index (χ0v) is 10.5. The molecular weight excluding hydrogens is 210 g/mol. The van der Waals surface area contributed by atoms with E-state index in [4.69, 9.17) is 5.73 Å². The average Bonchev–Trinajstić information content (AvgIpc) is 2.60. The number of hydrogen-bond donors (Lipinski definition) is 1. The van der Waals surface area contributed by atoms with Crippen molar-refractivity contribution in [3.05, 3.63) is 47.3 Å². The van der Waals surface area contributed by atoms with Crippen molar-refractivity contribution in [2.45, 2.75) is 33.2 Å². The third-order valence-electron chi connectivity index (χ3n) is 2.92. The molecular formula is C14H19N3. The summed E-state index contributed by atoms with van der Waals surface area (Å²) in [6, 6.07) is 10.2. The Labute approximate surface area is 102 Å². The summed E-state index contributed by atoms with van der Waals surface area (Å²) in [5.41, 5.74) is 10.1. The van der Waals surface area contributed by atoms with E-state index in [1.54, 1.807) is 0 Å². The maximum atomic E-state index is 5.65. The van der Waals surface area contributed by atoms with Crippen LogP contribution >= 0.6 is 0 Å². The fraction of sp³-hybridized carbons (Fsp3) is 0.357. The first kappa shape index (κ1) is 11.7. The van der Waals surface area contributed by atoms with Gasteiger partial charge in [0.1, 0.15) is 0 Å². The topological polar surface area (TPSA) is 43.8 Å². The largest absolute Gasteiger partial charge is 0.399 e. The normalized spacial score (nSPS) is 10.7. The van der Waals surface area contributed by atoms with Crippen molar-refractivity contribution in [2.24, 2.45) is 0 Å². The molecule has 3 nitrogen and oxygen atoms in total. The Morgan fingerprint density at radius 2 is 1.88 bits per heavy atom. The number of anilines is 1. The number of aryl methyl sites for hydroxylation is 4. The number of benzene rings is 1. The van der Waals surface area contributed by atoms with Gasteiger partial charge in [0.25, 0.3) is 0 Å². The van der Waals surface area contributed by atoms with Crippen LogP contribution in [0.5, 0.6) is 0 Å². The molecule has 0 saturated heterocycles. The molecule has 0 unspecified atom stereocenters. The zero-order valence-electron chi connectivity index (χ0n) is 10.5. The van der Waals surface area contributed by atoms with Crippen LogP contribution in [0.3, 0.4) is 0 Å². The van der Waals surface area contributed by atoms with E-state index in [9.17, 15) is 0 Å². The Kier molecular flexibility index (Phi) is 3.47. The van der Waals surface area contributed by atoms with E-state index in [1.165, 1.54) is 11.3 Å². The molecule has 1 aromatic carbocycles. The Morgan fingerprint density at radius 3 is 2.47 bits per heavy atom. The number of nitrogen functional groups attached to an aromatic ring is 1. The summed E-state index contributed by atoms with van der Waals surface area (Å²) < 4.78 is 2.08. The fourth-order valence-corrected chi connectivity index (χ4v) is 2.02. The van der Waals surface area contributed by atoms with Crippen LogP contribution in [0.4, 0.5) is 5.69 Å². The molecule has 0 aliphatic rings. The van der Waals surface area contributed by atoms with Crippen molar-refractivity contribution >= 4 is 5.69 Å². The monoisotopic (exact) mass is 229 g/mol. The first-order chi connectivity index (χ1) is 8.15. The maximum Gasteiger partial charge on any atom is 0.0596 e. The quantitative estimate of drug-likeness (QED) is 0.819. The van der Waals surface area contributed by atoms with Crippen LogP contribution in [0.1, 0.15) is 23.4 Å². The molecule has 0 spiro atoms. The van der Waals surface area contributed by atoms with Crippen LogP contribution in [-0.2, 0) is 13.0 Å². The fourth-order valence-electron chi connectivity index (χ4n) is 2.02. The smallest absolute Gasteiger partial charge is 0.0596 e. The van der Waals surface area contributed by atoms with Crippen molar-refractivity contribution in [2.75, 3.05) is 5.73 Å². The SMILES string of the molecule is Cc1cc(C)n(CCCc2ccc(N)cc2)n1. The van der Waals surface area contributed by atoms with Crippen LogP contribution in [0.15, 0.2) is 30.3 Å². The van der Waals surface area contributed by atoms with E-state index in [2.05, 4.69) is 34.9 Å². The molecule has 17 heavy (non-hydrogen) atoms. The van der Waals surface area contributed by atoms with Gasteiger partial charge < -0.3 is 5.73 Å². The summed E-state index contributed by atoms with van der Waals surface area (Å²) in [6.45, 7) is 5.11. The summed E-state index contributed by atoms with van der Waals surface area (Å²) in [5, 5.41) is 4.45. The van der Waals surface area contributed by atoms with Crippen LogP contribution in [0, 0.1) is 13.8 Å². The first-order valence-corrected chi connectivity index (χ1v) is 6.00. The maximum absolute atomic E-state index is 5.65. The highest BCUT2D eigenvalue weighted by molar-refractivity contribution is 5.39. The van der Waals surface area contributed by atoms with Crippen molar-refractivity contribution in [1.82, 2.24) is 9.78 Å². The lowest BCUT2D eigenvalue weighted by Crippen LogP contribution is -2.03. The Bertz CT molecular complexity index is 483. The zero-order chi connectivity index (χ0) is 12.3. The van der Waals surface area contributed by atoms with Gasteiger partial charge in [-0.05, 0) is 50.5 Å². The van der Waals surface area contributed by atoms with Crippen molar-refractivity contribution in [3.8, 4) is 0 Å². The average molecular weight is 229 g/mol. The van der Waals surface area contributed by atoms with Crippen molar-refractivity contribution in [3.63, 3.8) is 0 Å². The van der Waals surface area contributed by atoms with Crippen molar-refractivity contribution < 1.29 is 0 Å². The summed E-state index contributed by atoms with van der Waals surface area (Å²) in [4.78, 5) is 0. The van der Waals surface area contributed by atoms with Gasteiger partial charge in [-0.25, -0.2) is 0 Å². The minimum atomic E-state index is 0.826. The van der Waals surface area contributed by atoms with Gasteiger partial charge in [-0.3, -0.25) is 4.68 Å². The van der Waals surface area contributed by atoms with Gasteiger partial charge in [-0.1, -0.05) is 12.1 Å². The highest BCUT2D eigenvalue weighted by Gasteiger charge is 2.00. The predicted molar refractivity (Wildman–Crippen MR) is 70.9 cm³/mol. The summed E-state index contributed by atoms with van der Waals surface area (Å²) in [7, 11) is 0. The molecule has 0 radical (unpaired) electrons. The Morgan fingerprint density at radius 1 is 1.18 bits per heavy atom. The third kappa shape index (κ3) is 3.09. The third-order valence-corrected chi connectivity index (χ3v) is 2.92. The van der Waals surface area contributed by atoms with Crippen LogP contribution < -0.4 is 5.73 Å². The molecule has 90 valence electrons. The molecule has 0 saturated carbocycles. The standard InChI is InChI=1S/C14H19N3/c1-11-10-12(2)17(16-11)9-3-4-13-5-7-14(15)8-6-13/h5-8,10H,3-4,9,15H2,1-2H3. The van der Waals surface area contributed by atoms with Gasteiger partial charge in [-0.15, -0.1) is 0 Å². The Balaban J connectivity index is 1.87. The second-order valence-electron chi connectivity index (χ2n) is 4.50. The van der Waals surface area contributed by atoms with Crippen LogP contribution in [-0.4, -0.2) is 9.78 Å². The van der Waals surface area contributed by atoms with Crippen molar-refractivity contribution in [1.29, 1.82) is 0 Å². The molecule has 0 atom stereocenters. The van der Waals surface area contributed by atoms with E-state index < -0.39 is 0 Å². The van der Waals surface area contributed by atoms with Gasteiger partial charge in [0, 0.05) is 17.9 Å². The molecule has 0 fully saturated rings. The van der Waals surface area contributed by atoms with Gasteiger partial charge >= 0.3 is 0 Å².